The van der Waals surface area contributed by atoms with Crippen molar-refractivity contribution >= 4 is 59.2 Å². The van der Waals surface area contributed by atoms with E-state index in [9.17, 15) is 13.2 Å². The first kappa shape index (κ1) is 19.4. The molecule has 0 unspecified atom stereocenters. The molecule has 1 aliphatic heterocycles. The zero-order chi connectivity index (χ0) is 19.1. The highest BCUT2D eigenvalue weighted by atomic mass is 79.9. The molecule has 0 saturated carbocycles. The molecule has 0 aromatic heterocycles. The van der Waals surface area contributed by atoms with Crippen LogP contribution in [-0.4, -0.2) is 20.9 Å². The number of aryl methyl sites for hydroxylation is 1. The lowest BCUT2D eigenvalue weighted by Gasteiger charge is -2.18. The van der Waals surface area contributed by atoms with E-state index < -0.39 is 10.0 Å². The van der Waals surface area contributed by atoms with Gasteiger partial charge in [-0.1, -0.05) is 13.0 Å². The van der Waals surface area contributed by atoms with Crippen LogP contribution >= 0.6 is 31.9 Å². The van der Waals surface area contributed by atoms with Crippen molar-refractivity contribution < 1.29 is 13.2 Å². The van der Waals surface area contributed by atoms with E-state index in [1.807, 2.05) is 19.1 Å². The monoisotopic (exact) mass is 500 g/mol. The number of amides is 1. The largest absolute Gasteiger partial charge is 0.312 e. The van der Waals surface area contributed by atoms with E-state index >= 15 is 0 Å². The smallest absolute Gasteiger partial charge is 0.263 e. The zero-order valence-electron chi connectivity index (χ0n) is 14.3. The average Bonchev–Trinajstić information content (AvgIpc) is 2.98. The van der Waals surface area contributed by atoms with Crippen molar-refractivity contribution in [3.05, 3.63) is 50.4 Å². The van der Waals surface area contributed by atoms with Crippen LogP contribution in [-0.2, 0) is 21.2 Å². The summed E-state index contributed by atoms with van der Waals surface area (Å²) in [5, 5.41) is 0. The first-order valence-corrected chi connectivity index (χ1v) is 11.2. The number of carbonyl (C=O) groups excluding carboxylic acids is 1. The van der Waals surface area contributed by atoms with Gasteiger partial charge in [0.1, 0.15) is 4.90 Å². The Morgan fingerprint density at radius 3 is 2.58 bits per heavy atom. The molecule has 1 N–H and O–H groups in total. The van der Waals surface area contributed by atoms with E-state index in [0.29, 0.717) is 33.3 Å². The number of nitrogens with zero attached hydrogens (tertiary/aromatic N) is 1. The van der Waals surface area contributed by atoms with E-state index in [1.54, 1.807) is 30.0 Å². The molecule has 0 radical (unpaired) electrons. The van der Waals surface area contributed by atoms with Crippen LogP contribution in [0, 0.1) is 6.92 Å². The third-order valence-corrected chi connectivity index (χ3v) is 7.27. The second-order valence-corrected chi connectivity index (χ2v) is 9.51. The van der Waals surface area contributed by atoms with E-state index in [2.05, 4.69) is 36.6 Å². The van der Waals surface area contributed by atoms with E-state index in [0.717, 1.165) is 17.5 Å². The average molecular weight is 502 g/mol. The van der Waals surface area contributed by atoms with Gasteiger partial charge < -0.3 is 4.90 Å². The molecule has 0 bridgehead atoms. The van der Waals surface area contributed by atoms with E-state index in [1.165, 1.54) is 0 Å². The Bertz CT molecular complexity index is 990. The number of hydrogen-bond acceptors (Lipinski definition) is 3. The molecule has 0 spiro atoms. The number of halogens is 2. The first-order chi connectivity index (χ1) is 12.2. The summed E-state index contributed by atoms with van der Waals surface area (Å²) < 4.78 is 29.6. The Morgan fingerprint density at radius 2 is 1.92 bits per heavy atom. The van der Waals surface area contributed by atoms with Crippen LogP contribution in [0.3, 0.4) is 0 Å². The SMILES string of the molecule is CCC(=O)N1CCc2cc(Br)c(S(=O)(=O)Nc3ccc(C)cc3Br)cc21. The van der Waals surface area contributed by atoms with Gasteiger partial charge in [-0.15, -0.1) is 0 Å². The Labute approximate surface area is 170 Å². The van der Waals surface area contributed by atoms with Crippen molar-refractivity contribution in [3.8, 4) is 0 Å². The van der Waals surface area contributed by atoms with Gasteiger partial charge in [-0.25, -0.2) is 8.42 Å². The molecular weight excluding hydrogens is 484 g/mol. The van der Waals surface area contributed by atoms with Gasteiger partial charge in [-0.3, -0.25) is 9.52 Å². The minimum Gasteiger partial charge on any atom is -0.312 e. The van der Waals surface area contributed by atoms with Crippen molar-refractivity contribution in [1.82, 2.24) is 0 Å². The van der Waals surface area contributed by atoms with Crippen LogP contribution in [0.1, 0.15) is 24.5 Å². The third kappa shape index (κ3) is 3.68. The van der Waals surface area contributed by atoms with Crippen molar-refractivity contribution in [2.45, 2.75) is 31.6 Å². The number of fused-ring (bicyclic) bond motifs is 1. The fraction of sp³-hybridized carbons (Fsp3) is 0.278. The van der Waals surface area contributed by atoms with Crippen molar-refractivity contribution in [1.29, 1.82) is 0 Å². The lowest BCUT2D eigenvalue weighted by atomic mass is 10.2. The van der Waals surface area contributed by atoms with Crippen LogP contribution in [0.25, 0.3) is 0 Å². The Hall–Kier alpha value is -1.38. The van der Waals surface area contributed by atoms with E-state index in [4.69, 9.17) is 0 Å². The second kappa shape index (κ2) is 7.32. The quantitative estimate of drug-likeness (QED) is 0.664. The molecule has 3 rings (SSSR count). The number of carbonyl (C=O) groups is 1. The van der Waals surface area contributed by atoms with Crippen LogP contribution < -0.4 is 9.62 Å². The maximum atomic E-state index is 12.9. The molecule has 2 aromatic rings. The zero-order valence-corrected chi connectivity index (χ0v) is 18.3. The molecule has 1 heterocycles. The van der Waals surface area contributed by atoms with Crippen LogP contribution in [0.15, 0.2) is 44.2 Å². The predicted molar refractivity (Wildman–Crippen MR) is 110 cm³/mol. The summed E-state index contributed by atoms with van der Waals surface area (Å²) in [6, 6.07) is 8.76. The number of hydrogen-bond donors (Lipinski definition) is 1. The molecule has 1 amide bonds. The Balaban J connectivity index is 2.01. The maximum Gasteiger partial charge on any atom is 0.263 e. The number of benzene rings is 2. The molecule has 26 heavy (non-hydrogen) atoms. The summed E-state index contributed by atoms with van der Waals surface area (Å²) in [6.07, 6.45) is 1.10. The molecule has 0 atom stereocenters. The molecule has 138 valence electrons. The topological polar surface area (TPSA) is 66.5 Å². The highest BCUT2D eigenvalue weighted by Gasteiger charge is 2.28. The van der Waals surface area contributed by atoms with Crippen molar-refractivity contribution in [2.75, 3.05) is 16.2 Å². The summed E-state index contributed by atoms with van der Waals surface area (Å²) >= 11 is 6.76. The number of anilines is 2. The Morgan fingerprint density at radius 1 is 1.19 bits per heavy atom. The van der Waals surface area contributed by atoms with Crippen LogP contribution in [0.4, 0.5) is 11.4 Å². The number of sulfonamides is 1. The van der Waals surface area contributed by atoms with Crippen LogP contribution in [0.5, 0.6) is 0 Å². The predicted octanol–water partition coefficient (Wildman–Crippen LogP) is 4.62. The fourth-order valence-electron chi connectivity index (χ4n) is 2.95. The number of nitrogens with one attached hydrogen (secondary N) is 1. The Kier molecular flexibility index (Phi) is 5.46. The molecule has 1 aliphatic rings. The first-order valence-electron chi connectivity index (χ1n) is 8.14. The summed E-state index contributed by atoms with van der Waals surface area (Å²) in [5.74, 6) is -0.0105. The highest BCUT2D eigenvalue weighted by Crippen LogP contribution is 2.37. The lowest BCUT2D eigenvalue weighted by molar-refractivity contribution is -0.118. The molecule has 0 aliphatic carbocycles. The van der Waals surface area contributed by atoms with Gasteiger partial charge in [0.25, 0.3) is 10.0 Å². The molecule has 2 aromatic carbocycles. The maximum absolute atomic E-state index is 12.9. The lowest BCUT2D eigenvalue weighted by Crippen LogP contribution is -2.28. The minimum atomic E-state index is -3.82. The summed E-state index contributed by atoms with van der Waals surface area (Å²) in [7, 11) is -3.82. The van der Waals surface area contributed by atoms with Crippen LogP contribution in [0.2, 0.25) is 0 Å². The third-order valence-electron chi connectivity index (χ3n) is 4.29. The van der Waals surface area contributed by atoms with Crippen molar-refractivity contribution in [2.24, 2.45) is 0 Å². The van der Waals surface area contributed by atoms with Gasteiger partial charge in [-0.05, 0) is 80.6 Å². The van der Waals surface area contributed by atoms with Gasteiger partial charge in [0.05, 0.1) is 5.69 Å². The van der Waals surface area contributed by atoms with Gasteiger partial charge >= 0.3 is 0 Å². The van der Waals surface area contributed by atoms with Gasteiger partial charge in [0.15, 0.2) is 0 Å². The summed E-state index contributed by atoms with van der Waals surface area (Å²) in [4.78, 5) is 13.9. The minimum absolute atomic E-state index is 0.0105. The molecule has 0 fully saturated rings. The second-order valence-electron chi connectivity index (χ2n) is 6.15. The summed E-state index contributed by atoms with van der Waals surface area (Å²) in [6.45, 7) is 4.31. The number of rotatable bonds is 4. The van der Waals surface area contributed by atoms with Gasteiger partial charge in [-0.2, -0.15) is 0 Å². The van der Waals surface area contributed by atoms with Gasteiger partial charge in [0, 0.05) is 27.6 Å². The molecular formula is C18H18Br2N2O3S. The standard InChI is InChI=1S/C18H18Br2N2O3S/c1-3-18(23)22-7-6-12-9-14(20)17(10-16(12)22)26(24,25)21-15-5-4-11(2)8-13(15)19/h4-5,8-10,21H,3,6-7H2,1-2H3. The van der Waals surface area contributed by atoms with E-state index in [-0.39, 0.29) is 10.8 Å². The van der Waals surface area contributed by atoms with Gasteiger partial charge in [0.2, 0.25) is 5.91 Å². The van der Waals surface area contributed by atoms with Crippen molar-refractivity contribution in [3.63, 3.8) is 0 Å². The molecule has 8 heteroatoms. The summed E-state index contributed by atoms with van der Waals surface area (Å²) in [5.41, 5.74) is 3.12. The molecule has 5 nitrogen and oxygen atoms in total. The normalized spacial score (nSPS) is 13.6. The molecule has 0 saturated heterocycles. The highest BCUT2D eigenvalue weighted by molar-refractivity contribution is 9.11. The fourth-order valence-corrected chi connectivity index (χ4v) is 5.86.